The highest BCUT2D eigenvalue weighted by Gasteiger charge is 2.55. The molecule has 1 fully saturated rings. The van der Waals surface area contributed by atoms with E-state index in [1.165, 1.54) is 41.7 Å². The van der Waals surface area contributed by atoms with Crippen molar-refractivity contribution in [3.8, 4) is 0 Å². The second kappa shape index (κ2) is 13.1. The number of esters is 1. The molecule has 2 aliphatic heterocycles. The van der Waals surface area contributed by atoms with Gasteiger partial charge in [0.2, 0.25) is 10.0 Å². The van der Waals surface area contributed by atoms with Crippen molar-refractivity contribution >= 4 is 27.4 Å². The lowest BCUT2D eigenvalue weighted by Crippen LogP contribution is -2.56. The van der Waals surface area contributed by atoms with Gasteiger partial charge >= 0.3 is 5.97 Å². The first-order valence-electron chi connectivity index (χ1n) is 15.5. The number of carbonyl (C=O) groups is 1. The molecule has 46 heavy (non-hydrogen) atoms. The highest BCUT2D eigenvalue weighted by molar-refractivity contribution is 7.89. The number of anilines is 1. The van der Waals surface area contributed by atoms with Gasteiger partial charge in [-0.2, -0.15) is 0 Å². The number of piperidine rings is 1. The molecule has 0 bridgehead atoms. The summed E-state index contributed by atoms with van der Waals surface area (Å²) < 4.78 is 49.1. The summed E-state index contributed by atoms with van der Waals surface area (Å²) in [6, 6.07) is 18.4. The first-order chi connectivity index (χ1) is 21.7. The van der Waals surface area contributed by atoms with E-state index in [2.05, 4.69) is 5.32 Å². The molecule has 3 aromatic carbocycles. The van der Waals surface area contributed by atoms with Crippen molar-refractivity contribution in [2.24, 2.45) is 0 Å². The highest BCUT2D eigenvalue weighted by atomic mass is 32.2. The molecule has 2 heterocycles. The Kier molecular flexibility index (Phi) is 9.53. The molecule has 0 radical (unpaired) electrons. The van der Waals surface area contributed by atoms with Crippen molar-refractivity contribution in [1.29, 1.82) is 0 Å². The fourth-order valence-corrected chi connectivity index (χ4v) is 8.05. The molecule has 10 nitrogen and oxygen atoms in total. The molecular weight excluding hydrogens is 611 g/mol. The van der Waals surface area contributed by atoms with E-state index < -0.39 is 32.0 Å². The zero-order chi connectivity index (χ0) is 33.3. The maximum atomic E-state index is 14.8. The van der Waals surface area contributed by atoms with Gasteiger partial charge in [-0.1, -0.05) is 30.3 Å². The summed E-state index contributed by atoms with van der Waals surface area (Å²) in [4.78, 5) is 26.6. The lowest BCUT2D eigenvalue weighted by atomic mass is 9.69. The SMILES string of the molecule is CN(CC(CCN1c2ccc(F)cc2C2(CCNCC2)C1C(=O)OC(C)(C)C)c1ccccc1)S(=O)(=O)c1ccc([N+](=O)[O-])cc1. The highest BCUT2D eigenvalue weighted by Crippen LogP contribution is 2.51. The van der Waals surface area contributed by atoms with E-state index in [1.54, 1.807) is 12.1 Å². The van der Waals surface area contributed by atoms with Crippen molar-refractivity contribution in [2.45, 2.75) is 67.9 Å². The van der Waals surface area contributed by atoms with Crippen LogP contribution in [-0.4, -0.2) is 68.5 Å². The first-order valence-corrected chi connectivity index (χ1v) is 16.9. The van der Waals surface area contributed by atoms with Crippen LogP contribution < -0.4 is 10.2 Å². The molecule has 0 amide bonds. The Morgan fingerprint density at radius 3 is 2.37 bits per heavy atom. The van der Waals surface area contributed by atoms with Crippen LogP contribution in [0.3, 0.4) is 0 Å². The monoisotopic (exact) mass is 652 g/mol. The van der Waals surface area contributed by atoms with E-state index in [1.807, 2.05) is 56.0 Å². The minimum atomic E-state index is -3.97. The Morgan fingerprint density at radius 2 is 1.76 bits per heavy atom. The minimum Gasteiger partial charge on any atom is -0.458 e. The zero-order valence-corrected chi connectivity index (χ0v) is 27.4. The minimum absolute atomic E-state index is 0.0410. The van der Waals surface area contributed by atoms with Crippen molar-refractivity contribution in [1.82, 2.24) is 9.62 Å². The van der Waals surface area contributed by atoms with Gasteiger partial charge < -0.3 is 15.0 Å². The second-order valence-corrected chi connectivity index (χ2v) is 15.2. The number of sulfonamides is 1. The maximum absolute atomic E-state index is 14.8. The van der Waals surface area contributed by atoms with Gasteiger partial charge in [0.15, 0.2) is 0 Å². The van der Waals surface area contributed by atoms with Gasteiger partial charge in [0.25, 0.3) is 5.69 Å². The third kappa shape index (κ3) is 6.79. The van der Waals surface area contributed by atoms with Crippen LogP contribution in [0.4, 0.5) is 15.8 Å². The van der Waals surface area contributed by atoms with Gasteiger partial charge in [-0.05, 0) is 100 Å². The van der Waals surface area contributed by atoms with E-state index in [-0.39, 0.29) is 34.8 Å². The van der Waals surface area contributed by atoms with Crippen LogP contribution in [0.1, 0.15) is 57.1 Å². The number of carbonyl (C=O) groups excluding carboxylic acids is 1. The van der Waals surface area contributed by atoms with E-state index in [4.69, 9.17) is 4.74 Å². The summed E-state index contributed by atoms with van der Waals surface area (Å²) in [5, 5.41) is 14.5. The average Bonchev–Trinajstić information content (AvgIpc) is 3.26. The number of hydrogen-bond acceptors (Lipinski definition) is 8. The predicted molar refractivity (Wildman–Crippen MR) is 174 cm³/mol. The van der Waals surface area contributed by atoms with Crippen molar-refractivity contribution in [3.05, 3.63) is 99.9 Å². The van der Waals surface area contributed by atoms with Crippen LogP contribution in [0.15, 0.2) is 77.7 Å². The van der Waals surface area contributed by atoms with Crippen LogP contribution in [-0.2, 0) is 25.0 Å². The number of halogens is 1. The largest absolute Gasteiger partial charge is 0.458 e. The number of fused-ring (bicyclic) bond motifs is 2. The third-order valence-electron chi connectivity index (χ3n) is 8.99. The molecule has 0 aliphatic carbocycles. The van der Waals surface area contributed by atoms with Gasteiger partial charge in [-0.15, -0.1) is 0 Å². The van der Waals surface area contributed by atoms with Crippen molar-refractivity contribution < 1.29 is 27.3 Å². The summed E-state index contributed by atoms with van der Waals surface area (Å²) in [5.41, 5.74) is 0.969. The van der Waals surface area contributed by atoms with E-state index in [0.717, 1.165) is 16.8 Å². The number of nitro groups is 1. The second-order valence-electron chi connectivity index (χ2n) is 13.1. The Bertz CT molecular complexity index is 1670. The van der Waals surface area contributed by atoms with Gasteiger partial charge in [-0.3, -0.25) is 10.1 Å². The molecule has 0 saturated carbocycles. The van der Waals surface area contributed by atoms with Crippen molar-refractivity contribution in [3.63, 3.8) is 0 Å². The molecule has 2 unspecified atom stereocenters. The lowest BCUT2D eigenvalue weighted by Gasteiger charge is -2.42. The molecule has 5 rings (SSSR count). The number of nitrogens with one attached hydrogen (secondary N) is 1. The molecule has 12 heteroatoms. The molecule has 1 N–H and O–H groups in total. The number of nitrogens with zero attached hydrogens (tertiary/aromatic N) is 3. The van der Waals surface area contributed by atoms with Crippen molar-refractivity contribution in [2.75, 3.05) is 38.1 Å². The fourth-order valence-electron chi connectivity index (χ4n) is 6.83. The number of nitro benzene ring substituents is 1. The Balaban J connectivity index is 1.47. The topological polar surface area (TPSA) is 122 Å². The number of non-ortho nitro benzene ring substituents is 1. The Hall–Kier alpha value is -3.87. The molecule has 2 aliphatic rings. The van der Waals surface area contributed by atoms with Crippen LogP contribution >= 0.6 is 0 Å². The predicted octanol–water partition coefficient (Wildman–Crippen LogP) is 5.38. The maximum Gasteiger partial charge on any atom is 0.330 e. The zero-order valence-electron chi connectivity index (χ0n) is 26.6. The Labute approximate surface area is 269 Å². The van der Waals surface area contributed by atoms with E-state index in [9.17, 15) is 27.7 Å². The van der Waals surface area contributed by atoms with Gasteiger partial charge in [0, 0.05) is 43.4 Å². The van der Waals surface area contributed by atoms with Gasteiger partial charge in [0.1, 0.15) is 17.5 Å². The average molecular weight is 653 g/mol. The van der Waals surface area contributed by atoms with Crippen LogP contribution in [0.2, 0.25) is 0 Å². The lowest BCUT2D eigenvalue weighted by molar-refractivity contribution is -0.384. The fraction of sp³-hybridized carbons (Fsp3) is 0.441. The summed E-state index contributed by atoms with van der Waals surface area (Å²) in [6.45, 7) is 7.38. The smallest absolute Gasteiger partial charge is 0.330 e. The van der Waals surface area contributed by atoms with Gasteiger partial charge in [-0.25, -0.2) is 21.9 Å². The number of likely N-dealkylation sites (N-methyl/N-ethyl adjacent to an activating group) is 1. The Morgan fingerprint density at radius 1 is 1.11 bits per heavy atom. The van der Waals surface area contributed by atoms with Crippen LogP contribution in [0, 0.1) is 15.9 Å². The van der Waals surface area contributed by atoms with Crippen LogP contribution in [0.5, 0.6) is 0 Å². The summed E-state index contributed by atoms with van der Waals surface area (Å²) >= 11 is 0. The summed E-state index contributed by atoms with van der Waals surface area (Å²) in [6.07, 6.45) is 1.76. The standard InChI is InChI=1S/C34H41FN4O6S/c1-33(2,3)45-32(40)31-34(17-19-36-20-18-34)29-22-26(35)10-15-30(29)38(31)21-16-25(24-8-6-5-7-9-24)23-37(4)46(43,44)28-13-11-27(12-14-28)39(41)42/h5-15,22,25,31,36H,16-21,23H2,1-4H3. The first kappa shape index (κ1) is 33.5. The number of rotatable bonds is 10. The molecule has 2 atom stereocenters. The quantitative estimate of drug-likeness (QED) is 0.176. The molecule has 246 valence electrons. The van der Waals surface area contributed by atoms with E-state index in [0.29, 0.717) is 38.9 Å². The summed E-state index contributed by atoms with van der Waals surface area (Å²) in [5.74, 6) is -0.992. The molecular formula is C34H41FN4O6S. The summed E-state index contributed by atoms with van der Waals surface area (Å²) in [7, 11) is -2.47. The normalized spacial score (nSPS) is 18.4. The van der Waals surface area contributed by atoms with Gasteiger partial charge in [0.05, 0.1) is 9.82 Å². The molecule has 3 aromatic rings. The molecule has 0 aromatic heterocycles. The van der Waals surface area contributed by atoms with E-state index >= 15 is 0 Å². The number of hydrogen-bond donors (Lipinski definition) is 1. The number of benzene rings is 3. The van der Waals surface area contributed by atoms with Crippen LogP contribution in [0.25, 0.3) is 0 Å². The third-order valence-corrected chi connectivity index (χ3v) is 10.8. The number of ether oxygens (including phenoxy) is 1. The molecule has 1 saturated heterocycles. The molecule has 1 spiro atoms.